The third-order valence-electron chi connectivity index (χ3n) is 22.5. The van der Waals surface area contributed by atoms with Gasteiger partial charge in [-0.15, -0.1) is 0 Å². The van der Waals surface area contributed by atoms with Gasteiger partial charge in [0.05, 0.1) is 30.5 Å². The van der Waals surface area contributed by atoms with Crippen LogP contribution in [0.5, 0.6) is 0 Å². The summed E-state index contributed by atoms with van der Waals surface area (Å²) >= 11 is 0. The number of nitrogens with one attached hydrogen (secondary N) is 7. The van der Waals surface area contributed by atoms with Gasteiger partial charge >= 0.3 is 11.9 Å². The van der Waals surface area contributed by atoms with Crippen molar-refractivity contribution in [3.8, 4) is 0 Å². The van der Waals surface area contributed by atoms with Crippen LogP contribution < -0.4 is 60.2 Å². The number of likely N-dealkylation sites (N-methyl/N-ethyl adjacent to an activating group) is 2. The zero-order chi connectivity index (χ0) is 75.3. The van der Waals surface area contributed by atoms with Crippen molar-refractivity contribution in [3.05, 3.63) is 0 Å². The van der Waals surface area contributed by atoms with E-state index in [-0.39, 0.29) is 56.1 Å². The molecule has 5 fully saturated rings. The van der Waals surface area contributed by atoms with Crippen LogP contribution in [0.3, 0.4) is 0 Å². The Bertz CT molecular complexity index is 2760. The minimum Gasteiger partial charge on any atom is -0.460 e. The molecule has 1 heterocycles. The summed E-state index contributed by atoms with van der Waals surface area (Å²) in [5.74, 6) is -9.72. The monoisotopic (exact) mass is 1440 g/mol. The largest absolute Gasteiger partial charge is 0.460 e. The van der Waals surface area contributed by atoms with E-state index in [9.17, 15) is 62.6 Å². The second kappa shape index (κ2) is 43.7. The van der Waals surface area contributed by atoms with Crippen LogP contribution in [0.15, 0.2) is 0 Å². The van der Waals surface area contributed by atoms with Crippen molar-refractivity contribution in [1.29, 1.82) is 0 Å². The Morgan fingerprint density at radius 2 is 1.42 bits per heavy atom. The molecule has 0 aromatic carbocycles. The first kappa shape index (κ1) is 86.1. The average Bonchev–Trinajstić information content (AvgIpc) is 1.47. The molecule has 0 spiro atoms. The van der Waals surface area contributed by atoms with E-state index in [0.717, 1.165) is 64.2 Å². The van der Waals surface area contributed by atoms with Crippen molar-refractivity contribution in [2.75, 3.05) is 60.0 Å². The molecular weight excluding hydrogens is 1310 g/mol. The lowest BCUT2D eigenvalue weighted by Gasteiger charge is -2.35. The summed E-state index contributed by atoms with van der Waals surface area (Å²) in [6.07, 6.45) is 13.4. The Hall–Kier alpha value is -6.56. The van der Waals surface area contributed by atoms with Crippen LogP contribution in [0, 0.1) is 59.2 Å². The molecule has 4 saturated carbocycles. The number of carbonyl (C=O) groups excluding carboxylic acids is 12. The molecule has 4 aliphatic carbocycles. The number of hydrogen-bond acceptors (Lipinski definition) is 19. The predicted octanol–water partition coefficient (Wildman–Crippen LogP) is 1.98. The van der Waals surface area contributed by atoms with Crippen molar-refractivity contribution >= 4 is 71.0 Å². The molecule has 580 valence electrons. The summed E-state index contributed by atoms with van der Waals surface area (Å²) < 4.78 is 17.7. The highest BCUT2D eigenvalue weighted by Crippen LogP contribution is 2.50. The molecule has 29 heteroatoms. The average molecular weight is 1440 g/mol. The van der Waals surface area contributed by atoms with Gasteiger partial charge in [-0.2, -0.15) is 0 Å². The first-order valence-electron chi connectivity index (χ1n) is 38.2. The third kappa shape index (κ3) is 25.9. The van der Waals surface area contributed by atoms with Gasteiger partial charge in [-0.3, -0.25) is 57.5 Å². The molecule has 6 unspecified atom stereocenters. The normalized spacial score (nSPS) is 27.6. The summed E-state index contributed by atoms with van der Waals surface area (Å²) in [7, 11) is 3.04. The van der Waals surface area contributed by atoms with Gasteiger partial charge in [0.25, 0.3) is 0 Å². The lowest BCUT2D eigenvalue weighted by Crippen LogP contribution is -2.62. The Morgan fingerprint density at radius 1 is 0.735 bits per heavy atom. The molecule has 16 N–H and O–H groups in total. The molecule has 0 aromatic heterocycles. The lowest BCUT2D eigenvalue weighted by molar-refractivity contribution is -0.159. The number of nitrogens with zero attached hydrogens (tertiary/aromatic N) is 2. The fraction of sp³-hybridized carbons (Fsp3) is 0.836. The summed E-state index contributed by atoms with van der Waals surface area (Å²) in [6.45, 7) is 11.3. The summed E-state index contributed by atoms with van der Waals surface area (Å²) in [5, 5.41) is 29.7. The topological polar surface area (TPSA) is 448 Å². The second-order valence-corrected chi connectivity index (χ2v) is 30.1. The first-order chi connectivity index (χ1) is 48.6. The number of nitrogens with two attached hydrogens (primary N) is 4. The molecular formula is C73H127N13O16. The van der Waals surface area contributed by atoms with Gasteiger partial charge in [0.15, 0.2) is 0 Å². The van der Waals surface area contributed by atoms with Crippen LogP contribution in [-0.2, 0) is 71.7 Å². The van der Waals surface area contributed by atoms with E-state index in [2.05, 4.69) is 44.1 Å². The number of esters is 2. The van der Waals surface area contributed by atoms with E-state index in [1.54, 1.807) is 20.8 Å². The van der Waals surface area contributed by atoms with Gasteiger partial charge in [-0.1, -0.05) is 112 Å². The quantitative estimate of drug-likeness (QED) is 0.0249. The van der Waals surface area contributed by atoms with E-state index in [0.29, 0.717) is 102 Å². The minimum atomic E-state index is -1.58. The van der Waals surface area contributed by atoms with Gasteiger partial charge in [-0.25, -0.2) is 0 Å². The van der Waals surface area contributed by atoms with Gasteiger partial charge in [0.1, 0.15) is 67.6 Å². The summed E-state index contributed by atoms with van der Waals surface area (Å²) in [6, 6.07) is -8.51. The third-order valence-corrected chi connectivity index (χ3v) is 22.5. The van der Waals surface area contributed by atoms with Gasteiger partial charge in [0.2, 0.25) is 59.1 Å². The molecule has 2 bridgehead atoms. The maximum Gasteiger partial charge on any atom is 0.325 e. The maximum atomic E-state index is 14.9. The van der Waals surface area contributed by atoms with Crippen LogP contribution in [0.2, 0.25) is 0 Å². The molecule has 5 rings (SSSR count). The van der Waals surface area contributed by atoms with Crippen LogP contribution >= 0.6 is 0 Å². The van der Waals surface area contributed by atoms with E-state index in [4.69, 9.17) is 37.1 Å². The van der Waals surface area contributed by atoms with Crippen LogP contribution in [0.25, 0.3) is 0 Å². The van der Waals surface area contributed by atoms with E-state index < -0.39 is 175 Å². The summed E-state index contributed by atoms with van der Waals surface area (Å²) in [4.78, 5) is 171. The van der Waals surface area contributed by atoms with Crippen LogP contribution in [0.4, 0.5) is 0 Å². The van der Waals surface area contributed by atoms with Gasteiger partial charge in [0, 0.05) is 33.8 Å². The molecule has 1 aliphatic heterocycles. The molecule has 0 aromatic rings. The van der Waals surface area contributed by atoms with Crippen molar-refractivity contribution < 1.29 is 76.9 Å². The van der Waals surface area contributed by atoms with Crippen molar-refractivity contribution in [2.24, 2.45) is 82.1 Å². The van der Waals surface area contributed by atoms with Gasteiger partial charge in [-0.05, 0) is 145 Å². The number of fused-ring (bicyclic) bond motifs is 2. The molecule has 0 radical (unpaired) electrons. The molecule has 1 saturated heterocycles. The van der Waals surface area contributed by atoms with Crippen LogP contribution in [-0.4, -0.2) is 207 Å². The smallest absolute Gasteiger partial charge is 0.325 e. The number of ether oxygens (including phenoxy) is 3. The van der Waals surface area contributed by atoms with E-state index >= 15 is 0 Å². The van der Waals surface area contributed by atoms with E-state index in [1.165, 1.54) is 30.8 Å². The fourth-order valence-electron chi connectivity index (χ4n) is 16.0. The zero-order valence-electron chi connectivity index (χ0n) is 62.4. The number of amides is 10. The minimum absolute atomic E-state index is 0.108. The lowest BCUT2D eigenvalue weighted by atomic mass is 9.82. The number of aliphatic hydroxyl groups excluding tert-OH is 1. The Labute approximate surface area is 604 Å². The molecule has 19 atom stereocenters. The number of carbonyl (C=O) groups is 12. The van der Waals surface area contributed by atoms with Crippen molar-refractivity contribution in [1.82, 2.24) is 47.0 Å². The first-order valence-corrected chi connectivity index (χ1v) is 38.2. The second-order valence-electron chi connectivity index (χ2n) is 30.1. The van der Waals surface area contributed by atoms with Crippen molar-refractivity contribution in [3.63, 3.8) is 0 Å². The fourth-order valence-corrected chi connectivity index (χ4v) is 16.0. The maximum absolute atomic E-state index is 14.9. The van der Waals surface area contributed by atoms with Gasteiger partial charge < -0.3 is 89.3 Å². The van der Waals surface area contributed by atoms with E-state index in [1.807, 2.05) is 13.8 Å². The number of hydrogen-bond donors (Lipinski definition) is 12. The Morgan fingerprint density at radius 3 is 2.04 bits per heavy atom. The molecule has 102 heavy (non-hydrogen) atoms. The Balaban J connectivity index is 1.35. The Kier molecular flexibility index (Phi) is 36.8. The van der Waals surface area contributed by atoms with Crippen LogP contribution in [0.1, 0.15) is 209 Å². The zero-order valence-corrected chi connectivity index (χ0v) is 62.4. The predicted molar refractivity (Wildman–Crippen MR) is 382 cm³/mol. The molecule has 10 amide bonds. The molecule has 5 aliphatic rings. The standard InChI is InChI=1S/C73H127N13O16/c1-10-20-55(67(93)83-62(49-23-14-12-13-15-24-49)70(96)80-53(37-75)64(77)90)85(8)72(98)44(5)57(101-59(88)39-78-65(91)43(4)41-100-33-19-32-74)27-17-16-22-42(3)48-25-18-26-50(31-30-48)63-71(97)81-54(38-76)66(92)82-61(46(7)87)69(95)79-40-60(89)102-58(36-52-35-47-28-29-51(52)34-47)45(6)73(99)86(9)56(21-11-2)68(94)84-63/h42-58,61-63,87H,10-41,74-76H2,1-9H3,(H2,77,90)(H,78,91)(H,79,95)(H,80,96)(H,81,97)(H,82,92)(H,83,93)(H,84,94)/t42?,43-,44+,45+,46-,47?,48?,50?,51?,52?,53-,54-,55-,56-,57+,58+,61-,62-,63-/m0/s1. The highest BCUT2D eigenvalue weighted by Gasteiger charge is 2.46. The number of rotatable bonds is 34. The number of cyclic esters (lactones) is 1. The number of unbranched alkanes of at least 4 members (excludes halogenated alkanes) is 1. The SMILES string of the molecule is CCC[C@@H](C(=O)N[C@H](C(=O)N[C@@H](CN)C(N)=O)C1CCCCCC1)N(C)C(=O)[C@H](C)[C@@H](CCCCC(C)C1CCCC([C@@H]2NC(=O)[C@H](CCC)N(C)C(=O)[C@H](C)[C@@H](CC3CC4CCC3C4)OC(=O)CNC(=O)[C@H]([C@H](C)O)NC(=O)[C@H](CN)NC2=O)CC1)OC(=O)CNC(=O)[C@@H](C)COCCCN. The highest BCUT2D eigenvalue weighted by molar-refractivity contribution is 5.97. The number of aliphatic hydroxyl groups is 1. The van der Waals surface area contributed by atoms with Crippen molar-refractivity contribution in [2.45, 2.75) is 270 Å². The number of primary amides is 1. The summed E-state index contributed by atoms with van der Waals surface area (Å²) in [5.41, 5.74) is 23.1. The molecule has 29 nitrogen and oxygen atoms in total. The highest BCUT2D eigenvalue weighted by atomic mass is 16.5.